The summed E-state index contributed by atoms with van der Waals surface area (Å²) in [6.07, 6.45) is 1.56. The smallest absolute Gasteiger partial charge is 0.294 e. The highest BCUT2D eigenvalue weighted by Gasteiger charge is 2.36. The molecule has 7 nitrogen and oxygen atoms in total. The molecule has 0 radical (unpaired) electrons. The van der Waals surface area contributed by atoms with E-state index >= 15 is 0 Å². The summed E-state index contributed by atoms with van der Waals surface area (Å²) in [6.45, 7) is -0.357. The Bertz CT molecular complexity index is 1350. The van der Waals surface area contributed by atoms with Crippen LogP contribution < -0.4 is 14.8 Å². The highest BCUT2D eigenvalue weighted by atomic mass is 35.5. The fourth-order valence-electron chi connectivity index (χ4n) is 3.31. The van der Waals surface area contributed by atoms with E-state index in [-0.39, 0.29) is 17.3 Å². The van der Waals surface area contributed by atoms with Crippen LogP contribution in [0.15, 0.2) is 71.6 Å². The predicted molar refractivity (Wildman–Crippen MR) is 136 cm³/mol. The number of rotatable bonds is 8. The van der Waals surface area contributed by atoms with Crippen LogP contribution in [0.5, 0.6) is 11.5 Å². The number of imide groups is 1. The number of thioether (sulfide) groups is 1. The zero-order valence-electron chi connectivity index (χ0n) is 19.0. The van der Waals surface area contributed by atoms with Crippen LogP contribution >= 0.6 is 23.4 Å². The lowest BCUT2D eigenvalue weighted by atomic mass is 10.2. The van der Waals surface area contributed by atoms with Crippen LogP contribution in [0.1, 0.15) is 11.1 Å². The van der Waals surface area contributed by atoms with Crippen molar-refractivity contribution in [3.63, 3.8) is 0 Å². The van der Waals surface area contributed by atoms with Gasteiger partial charge in [-0.1, -0.05) is 41.9 Å². The fourth-order valence-corrected chi connectivity index (χ4v) is 4.41. The van der Waals surface area contributed by atoms with Crippen molar-refractivity contribution in [1.29, 1.82) is 0 Å². The first kappa shape index (κ1) is 25.3. The van der Waals surface area contributed by atoms with Gasteiger partial charge in [-0.2, -0.15) is 0 Å². The number of nitrogens with one attached hydrogen (secondary N) is 1. The third kappa shape index (κ3) is 6.05. The van der Waals surface area contributed by atoms with E-state index in [1.165, 1.54) is 19.2 Å². The van der Waals surface area contributed by atoms with Gasteiger partial charge in [0.2, 0.25) is 5.91 Å². The molecule has 0 atom stereocenters. The maximum Gasteiger partial charge on any atom is 0.294 e. The maximum atomic E-state index is 13.7. The summed E-state index contributed by atoms with van der Waals surface area (Å²) >= 11 is 6.81. The summed E-state index contributed by atoms with van der Waals surface area (Å²) in [4.78, 5) is 38.6. The van der Waals surface area contributed by atoms with Gasteiger partial charge in [0.05, 0.1) is 17.0 Å². The second-order valence-corrected chi connectivity index (χ2v) is 9.01. The van der Waals surface area contributed by atoms with Crippen molar-refractivity contribution < 1.29 is 28.2 Å². The van der Waals surface area contributed by atoms with E-state index < -0.39 is 23.6 Å². The van der Waals surface area contributed by atoms with E-state index in [0.717, 1.165) is 16.7 Å². The number of carbonyl (C=O) groups excluding carboxylic acids is 3. The van der Waals surface area contributed by atoms with Crippen molar-refractivity contribution in [1.82, 2.24) is 4.90 Å². The molecule has 1 fully saturated rings. The van der Waals surface area contributed by atoms with Crippen molar-refractivity contribution in [3.05, 3.63) is 93.6 Å². The van der Waals surface area contributed by atoms with Crippen molar-refractivity contribution in [3.8, 4) is 11.5 Å². The van der Waals surface area contributed by atoms with Gasteiger partial charge in [0.15, 0.2) is 0 Å². The highest BCUT2D eigenvalue weighted by molar-refractivity contribution is 8.18. The summed E-state index contributed by atoms with van der Waals surface area (Å²) < 4.78 is 24.4. The lowest BCUT2D eigenvalue weighted by Gasteiger charge is -2.13. The molecule has 0 saturated carbocycles. The fraction of sp³-hybridized carbons (Fsp3) is 0.115. The molecule has 10 heteroatoms. The maximum absolute atomic E-state index is 13.7. The minimum absolute atomic E-state index is 0.0791. The number of hydrogen-bond donors (Lipinski definition) is 1. The summed E-state index contributed by atoms with van der Waals surface area (Å²) in [7, 11) is 1.48. The number of ether oxygens (including phenoxy) is 2. The first-order valence-electron chi connectivity index (χ1n) is 10.7. The Morgan fingerprint density at radius 1 is 1.11 bits per heavy atom. The third-order valence-electron chi connectivity index (χ3n) is 5.14. The second-order valence-electron chi connectivity index (χ2n) is 7.61. The van der Waals surface area contributed by atoms with Gasteiger partial charge < -0.3 is 14.8 Å². The van der Waals surface area contributed by atoms with Crippen molar-refractivity contribution in [2.75, 3.05) is 19.0 Å². The second kappa shape index (κ2) is 11.3. The van der Waals surface area contributed by atoms with Crippen LogP contribution in [0.4, 0.5) is 14.9 Å². The molecule has 3 aromatic rings. The molecule has 0 unspecified atom stereocenters. The van der Waals surface area contributed by atoms with E-state index in [9.17, 15) is 18.8 Å². The Hall–Kier alpha value is -3.82. The molecular formula is C26H20ClFN2O5S. The number of methoxy groups -OCH3 is 1. The first-order chi connectivity index (χ1) is 17.3. The van der Waals surface area contributed by atoms with Gasteiger partial charge in [0.1, 0.15) is 30.5 Å². The van der Waals surface area contributed by atoms with Crippen LogP contribution in [0.25, 0.3) is 6.08 Å². The van der Waals surface area contributed by atoms with Crippen LogP contribution in [-0.2, 0) is 16.2 Å². The highest BCUT2D eigenvalue weighted by Crippen LogP contribution is 2.33. The number of anilines is 1. The molecule has 0 aliphatic carbocycles. The number of amides is 3. The van der Waals surface area contributed by atoms with Crippen LogP contribution in [0.3, 0.4) is 0 Å². The minimum Gasteiger partial charge on any atom is -0.495 e. The quantitative estimate of drug-likeness (QED) is 0.377. The topological polar surface area (TPSA) is 84.9 Å². The molecule has 3 aromatic carbocycles. The zero-order chi connectivity index (χ0) is 25.7. The number of hydrogen-bond acceptors (Lipinski definition) is 6. The Morgan fingerprint density at radius 3 is 2.56 bits per heavy atom. The summed E-state index contributed by atoms with van der Waals surface area (Å²) in [5.74, 6) is -0.468. The molecule has 0 spiro atoms. The van der Waals surface area contributed by atoms with E-state index in [1.807, 2.05) is 0 Å². The van der Waals surface area contributed by atoms with Crippen LogP contribution in [0, 0.1) is 5.82 Å². The van der Waals surface area contributed by atoms with Gasteiger partial charge in [-0.05, 0) is 59.8 Å². The van der Waals surface area contributed by atoms with Crippen molar-refractivity contribution >= 4 is 52.2 Å². The molecule has 36 heavy (non-hydrogen) atoms. The predicted octanol–water partition coefficient (Wildman–Crippen LogP) is 5.74. The lowest BCUT2D eigenvalue weighted by molar-refractivity contribution is -0.127. The zero-order valence-corrected chi connectivity index (χ0v) is 20.6. The van der Waals surface area contributed by atoms with E-state index in [2.05, 4.69) is 5.32 Å². The average Bonchev–Trinajstić information content (AvgIpc) is 3.11. The minimum atomic E-state index is -0.562. The number of carbonyl (C=O) groups is 3. The van der Waals surface area contributed by atoms with Gasteiger partial charge in [0.25, 0.3) is 11.1 Å². The third-order valence-corrected chi connectivity index (χ3v) is 6.34. The molecular weight excluding hydrogens is 507 g/mol. The van der Waals surface area contributed by atoms with E-state index in [0.29, 0.717) is 33.3 Å². The number of benzene rings is 3. The SMILES string of the molecule is COc1ccc(NC(=O)CN2C(=O)S/C(=C/c3ccc(OCc4ccccc4F)cc3)C2=O)cc1Cl. The van der Waals surface area contributed by atoms with Crippen LogP contribution in [0.2, 0.25) is 5.02 Å². The van der Waals surface area contributed by atoms with Crippen molar-refractivity contribution in [2.45, 2.75) is 6.61 Å². The van der Waals surface area contributed by atoms with Gasteiger partial charge in [-0.15, -0.1) is 0 Å². The number of halogens is 2. The van der Waals surface area contributed by atoms with Gasteiger partial charge >= 0.3 is 0 Å². The largest absolute Gasteiger partial charge is 0.495 e. The van der Waals surface area contributed by atoms with Gasteiger partial charge in [-0.25, -0.2) is 4.39 Å². The molecule has 1 aliphatic rings. The monoisotopic (exact) mass is 526 g/mol. The van der Waals surface area contributed by atoms with E-state index in [1.54, 1.807) is 60.7 Å². The molecule has 1 saturated heterocycles. The normalized spacial score (nSPS) is 14.3. The molecule has 1 heterocycles. The molecule has 4 rings (SSSR count). The molecule has 0 aromatic heterocycles. The van der Waals surface area contributed by atoms with Crippen molar-refractivity contribution in [2.24, 2.45) is 0 Å². The summed E-state index contributed by atoms with van der Waals surface area (Å²) in [5, 5.41) is 2.38. The van der Waals surface area contributed by atoms with Crippen LogP contribution in [-0.4, -0.2) is 35.6 Å². The molecule has 3 amide bonds. The van der Waals surface area contributed by atoms with Gasteiger partial charge in [0, 0.05) is 11.3 Å². The molecule has 184 valence electrons. The Labute approximate surface area is 215 Å². The molecule has 1 N–H and O–H groups in total. The Balaban J connectivity index is 1.36. The number of nitrogens with zero attached hydrogens (tertiary/aromatic N) is 1. The standard InChI is InChI=1S/C26H20ClFN2O5S/c1-34-22-11-8-18(13-20(22)27)29-24(31)14-30-25(32)23(36-26(30)33)12-16-6-9-19(10-7-16)35-15-17-4-2-3-5-21(17)28/h2-13H,14-15H2,1H3,(H,29,31)/b23-12+. The Morgan fingerprint density at radius 2 is 1.86 bits per heavy atom. The molecule has 1 aliphatic heterocycles. The van der Waals surface area contributed by atoms with E-state index in [4.69, 9.17) is 21.1 Å². The first-order valence-corrected chi connectivity index (χ1v) is 11.9. The molecule has 0 bridgehead atoms. The average molecular weight is 527 g/mol. The Kier molecular flexibility index (Phi) is 7.92. The lowest BCUT2D eigenvalue weighted by Crippen LogP contribution is -2.36. The summed E-state index contributed by atoms with van der Waals surface area (Å²) in [6, 6.07) is 17.9. The summed E-state index contributed by atoms with van der Waals surface area (Å²) in [5.41, 5.74) is 1.51. The van der Waals surface area contributed by atoms with Gasteiger partial charge in [-0.3, -0.25) is 19.3 Å².